The largest absolute Gasteiger partial charge is 0.493 e. The molecule has 1 amide bonds. The van der Waals surface area contributed by atoms with Gasteiger partial charge in [0.25, 0.3) is 5.91 Å². The molecule has 2 aliphatic heterocycles. The molecule has 2 aromatic carbocycles. The number of ether oxygens (including phenoxy) is 1. The highest BCUT2D eigenvalue weighted by molar-refractivity contribution is 7.23. The predicted octanol–water partition coefficient (Wildman–Crippen LogP) is 9.18. The number of nitrogens with one attached hydrogen (secondary N) is 1. The Morgan fingerprint density at radius 2 is 1.94 bits per heavy atom. The lowest BCUT2D eigenvalue weighted by Crippen LogP contribution is -2.22. The Balaban J connectivity index is 1.14. The van der Waals surface area contributed by atoms with Gasteiger partial charge in [0.2, 0.25) is 11.8 Å². The molecule has 0 spiro atoms. The lowest BCUT2D eigenvalue weighted by atomic mass is 9.89. The fourth-order valence-corrected chi connectivity index (χ4v) is 10.4. The number of carbonyl (C=O) groups is 1. The molecule has 1 N–H and O–H groups in total. The summed E-state index contributed by atoms with van der Waals surface area (Å²) >= 11 is 7.98. The van der Waals surface area contributed by atoms with Crippen LogP contribution in [0.1, 0.15) is 93.6 Å². The Kier molecular flexibility index (Phi) is 7.41. The number of methoxy groups -OCH3 is 1. The first-order valence-corrected chi connectivity index (χ1v) is 19.0. The number of hydrogen-bond acceptors (Lipinski definition) is 9. The number of aryl methyl sites for hydroxylation is 2. The van der Waals surface area contributed by atoms with Gasteiger partial charge in [-0.1, -0.05) is 23.7 Å². The zero-order valence-electron chi connectivity index (χ0n) is 28.6. The van der Waals surface area contributed by atoms with E-state index in [1.54, 1.807) is 24.5 Å². The first-order chi connectivity index (χ1) is 25.4. The van der Waals surface area contributed by atoms with Crippen LogP contribution in [0.15, 0.2) is 53.1 Å². The van der Waals surface area contributed by atoms with Crippen LogP contribution in [0.3, 0.4) is 0 Å². The normalized spacial score (nSPS) is 20.0. The van der Waals surface area contributed by atoms with Gasteiger partial charge in [0.1, 0.15) is 5.82 Å². The fraction of sp³-hybridized carbons (Fsp3) is 0.325. The molecule has 3 atom stereocenters. The van der Waals surface area contributed by atoms with Crippen molar-refractivity contribution < 1.29 is 18.3 Å². The average Bonchev–Trinajstić information content (AvgIpc) is 3.99. The van der Waals surface area contributed by atoms with Crippen molar-refractivity contribution in [1.82, 2.24) is 25.1 Å². The molecule has 9 nitrogen and oxygen atoms in total. The van der Waals surface area contributed by atoms with Crippen molar-refractivity contribution >= 4 is 44.7 Å². The number of rotatable bonds is 7. The third-order valence-electron chi connectivity index (χ3n) is 11.3. The highest BCUT2D eigenvalue weighted by Gasteiger charge is 2.45. The molecule has 4 aromatic heterocycles. The van der Waals surface area contributed by atoms with Crippen LogP contribution in [0.4, 0.5) is 10.2 Å². The van der Waals surface area contributed by atoms with Crippen molar-refractivity contribution in [3.8, 4) is 27.6 Å². The number of halogens is 2. The Morgan fingerprint density at radius 1 is 1.06 bits per heavy atom. The highest BCUT2D eigenvalue weighted by Crippen LogP contribution is 2.52. The van der Waals surface area contributed by atoms with Gasteiger partial charge in [0.15, 0.2) is 11.6 Å². The van der Waals surface area contributed by atoms with E-state index in [4.69, 9.17) is 30.7 Å². The lowest BCUT2D eigenvalue weighted by Gasteiger charge is -2.19. The van der Waals surface area contributed by atoms with E-state index < -0.39 is 0 Å². The van der Waals surface area contributed by atoms with Crippen LogP contribution in [0.2, 0.25) is 5.02 Å². The van der Waals surface area contributed by atoms with Crippen molar-refractivity contribution in [2.24, 2.45) is 0 Å². The molecule has 6 heterocycles. The molecule has 0 bridgehead atoms. The number of pyridine rings is 2. The number of carbonyl (C=O) groups excluding carboxylic acids is 1. The van der Waals surface area contributed by atoms with E-state index in [1.807, 2.05) is 23.1 Å². The van der Waals surface area contributed by atoms with Crippen LogP contribution in [0.25, 0.3) is 32.0 Å². The third-order valence-corrected chi connectivity index (χ3v) is 12.7. The summed E-state index contributed by atoms with van der Waals surface area (Å²) in [6.07, 6.45) is 7.73. The molecule has 1 saturated heterocycles. The van der Waals surface area contributed by atoms with E-state index >= 15 is 0 Å². The second-order valence-corrected chi connectivity index (χ2v) is 15.7. The number of hydrogen-bond donors (Lipinski definition) is 1. The summed E-state index contributed by atoms with van der Waals surface area (Å²) in [5.74, 6) is 1.75. The van der Waals surface area contributed by atoms with Gasteiger partial charge in [0, 0.05) is 40.7 Å². The van der Waals surface area contributed by atoms with Gasteiger partial charge in [-0.2, -0.15) is 0 Å². The van der Waals surface area contributed by atoms with E-state index in [1.165, 1.54) is 24.3 Å². The lowest BCUT2D eigenvalue weighted by molar-refractivity contribution is 0.0776. The maximum absolute atomic E-state index is 14.5. The number of fused-ring (bicyclic) bond motifs is 6. The summed E-state index contributed by atoms with van der Waals surface area (Å²) in [6, 6.07) is 13.5. The number of anilines is 1. The van der Waals surface area contributed by atoms with E-state index in [0.717, 1.165) is 91.5 Å². The van der Waals surface area contributed by atoms with Gasteiger partial charge in [-0.05, 0) is 103 Å². The minimum absolute atomic E-state index is 0.00237. The number of thiophene rings is 1. The molecule has 1 unspecified atom stereocenters. The first-order valence-electron chi connectivity index (χ1n) is 17.8. The summed E-state index contributed by atoms with van der Waals surface area (Å²) in [7, 11) is 1.51. The van der Waals surface area contributed by atoms with Gasteiger partial charge in [0.05, 0.1) is 46.4 Å². The number of nitrogens with zero attached hydrogens (tertiary/aromatic N) is 5. The minimum atomic E-state index is -0.349. The van der Waals surface area contributed by atoms with Crippen molar-refractivity contribution in [2.45, 2.75) is 69.9 Å². The second-order valence-electron chi connectivity index (χ2n) is 14.2. The van der Waals surface area contributed by atoms with Crippen molar-refractivity contribution in [3.63, 3.8) is 0 Å². The van der Waals surface area contributed by atoms with E-state index in [-0.39, 0.29) is 29.7 Å². The highest BCUT2D eigenvalue weighted by atomic mass is 35.5. The van der Waals surface area contributed by atoms with Crippen molar-refractivity contribution in [2.75, 3.05) is 19.0 Å². The van der Waals surface area contributed by atoms with E-state index in [9.17, 15) is 9.18 Å². The molecule has 10 rings (SSSR count). The topological polar surface area (TPSA) is 106 Å². The second kappa shape index (κ2) is 12.1. The number of aromatic nitrogens is 4. The molecule has 4 aliphatic rings. The quantitative estimate of drug-likeness (QED) is 0.173. The van der Waals surface area contributed by atoms with Crippen LogP contribution in [0.5, 0.6) is 5.75 Å². The summed E-state index contributed by atoms with van der Waals surface area (Å²) in [4.78, 5) is 27.4. The molecule has 2 aliphatic carbocycles. The molecule has 0 saturated carbocycles. The summed E-state index contributed by atoms with van der Waals surface area (Å²) < 4.78 is 27.1. The first kappa shape index (κ1) is 31.8. The Morgan fingerprint density at radius 3 is 2.79 bits per heavy atom. The van der Waals surface area contributed by atoms with Gasteiger partial charge >= 0.3 is 0 Å². The standard InChI is InChI=1S/C40H34ClFN6O3S/c1-19-46-47-39(51-19)32-29(17-21-6-5-20-16-23(41)7-8-24(20)21)44-35-30-4-3-15-48(30)40(49)34(35)33(32)31-18-22-13-14-43-38(37(22)52-31)45-28-12-10-26-25(28)9-11-27(42)36(26)50-2/h7-9,11,13-14,16,18,21,28,30H,3-6,10,12,15,17H2,1-2H3,(H,43,45)/t21-,28+,30?/m0/s1. The Labute approximate surface area is 308 Å². The van der Waals surface area contributed by atoms with Gasteiger partial charge < -0.3 is 19.4 Å². The van der Waals surface area contributed by atoms with Crippen molar-refractivity contribution in [1.29, 1.82) is 0 Å². The molecular formula is C40H34ClFN6O3S. The summed E-state index contributed by atoms with van der Waals surface area (Å²) in [5.41, 5.74) is 8.34. The maximum atomic E-state index is 14.5. The Hall–Kier alpha value is -4.87. The van der Waals surface area contributed by atoms with Crippen LogP contribution < -0.4 is 10.1 Å². The molecule has 52 heavy (non-hydrogen) atoms. The van der Waals surface area contributed by atoms with Crippen LogP contribution in [-0.2, 0) is 19.3 Å². The molecule has 12 heteroatoms. The predicted molar refractivity (Wildman–Crippen MR) is 198 cm³/mol. The summed E-state index contributed by atoms with van der Waals surface area (Å²) in [6.45, 7) is 2.49. The third kappa shape index (κ3) is 4.89. The zero-order valence-corrected chi connectivity index (χ0v) is 30.2. The Bertz CT molecular complexity index is 2460. The molecule has 0 radical (unpaired) electrons. The zero-order chi connectivity index (χ0) is 35.2. The van der Waals surface area contributed by atoms with E-state index in [2.05, 4.69) is 33.7 Å². The molecule has 6 aromatic rings. The number of benzene rings is 2. The molecule has 1 fully saturated rings. The van der Waals surface area contributed by atoms with Gasteiger partial charge in [-0.25, -0.2) is 9.37 Å². The van der Waals surface area contributed by atoms with Gasteiger partial charge in [-0.3, -0.25) is 9.78 Å². The average molecular weight is 733 g/mol. The van der Waals surface area contributed by atoms with E-state index in [0.29, 0.717) is 42.5 Å². The minimum Gasteiger partial charge on any atom is -0.493 e. The smallest absolute Gasteiger partial charge is 0.257 e. The van der Waals surface area contributed by atoms with Crippen molar-refractivity contribution in [3.05, 3.63) is 105 Å². The number of amides is 1. The van der Waals surface area contributed by atoms with Gasteiger partial charge in [-0.15, -0.1) is 21.5 Å². The molecular weight excluding hydrogens is 699 g/mol. The van der Waals surface area contributed by atoms with Crippen LogP contribution in [0, 0.1) is 12.7 Å². The SMILES string of the molecule is COc1c(F)ccc2c1CC[C@H]2Nc1nccc2cc(-c3c4c(nc(C[C@@H]5CCc6cc(Cl)ccc65)c3-c3nnc(C)o3)C3CCCN3C4=O)sc12. The fourth-order valence-electron chi connectivity index (χ4n) is 9.06. The van der Waals surface area contributed by atoms with Crippen LogP contribution in [-0.4, -0.2) is 44.6 Å². The monoisotopic (exact) mass is 732 g/mol. The maximum Gasteiger partial charge on any atom is 0.257 e. The summed E-state index contributed by atoms with van der Waals surface area (Å²) in [5, 5.41) is 14.2. The molecule has 262 valence electrons. The van der Waals surface area contributed by atoms with Crippen LogP contribution >= 0.6 is 22.9 Å².